The van der Waals surface area contributed by atoms with E-state index in [1.165, 1.54) is 0 Å². The fourth-order valence-corrected chi connectivity index (χ4v) is 4.22. The lowest BCUT2D eigenvalue weighted by Crippen LogP contribution is -2.38. The zero-order valence-corrected chi connectivity index (χ0v) is 14.7. The summed E-state index contributed by atoms with van der Waals surface area (Å²) in [6.45, 7) is 2.57. The second kappa shape index (κ2) is 7.23. The molecule has 5 heteroatoms. The van der Waals surface area contributed by atoms with E-state index in [2.05, 4.69) is 16.0 Å². The van der Waals surface area contributed by atoms with Gasteiger partial charge in [0, 0.05) is 30.3 Å². The highest BCUT2D eigenvalue weighted by molar-refractivity contribution is 7.20. The summed E-state index contributed by atoms with van der Waals surface area (Å²) in [6, 6.07) is 15.9. The van der Waals surface area contributed by atoms with Gasteiger partial charge in [0.05, 0.1) is 16.8 Å². The Bertz CT molecular complexity index is 844. The summed E-state index contributed by atoms with van der Waals surface area (Å²) in [4.78, 5) is 18.1. The van der Waals surface area contributed by atoms with Crippen LogP contribution in [0.2, 0.25) is 0 Å². The average molecular weight is 352 g/mol. The Hall–Kier alpha value is -2.40. The number of aromatic nitrogens is 1. The molecule has 0 saturated carbocycles. The molecule has 4 nitrogen and oxygen atoms in total. The molecule has 0 radical (unpaired) electrons. The van der Waals surface area contributed by atoms with Crippen LogP contribution in [0, 0.1) is 5.92 Å². The molecule has 1 unspecified atom stereocenters. The summed E-state index contributed by atoms with van der Waals surface area (Å²) in [5, 5.41) is 0.742. The predicted octanol–water partition coefficient (Wildman–Crippen LogP) is 4.40. The van der Waals surface area contributed by atoms with Crippen LogP contribution in [-0.4, -0.2) is 31.0 Å². The number of para-hydroxylation sites is 2. The van der Waals surface area contributed by atoms with Gasteiger partial charge in [-0.1, -0.05) is 35.6 Å². The molecular formula is C20H20N2O2S. The number of ether oxygens (including phenoxy) is 1. The molecule has 0 N–H and O–H groups in total. The lowest BCUT2D eigenvalue weighted by atomic mass is 9.98. The summed E-state index contributed by atoms with van der Waals surface area (Å²) in [5.41, 5.74) is 2.78. The SMILES string of the molecule is O=Cc1ccccc1N1CCCC(COc2nc3ccccc3s2)C1. The largest absolute Gasteiger partial charge is 0.470 e. The average Bonchev–Trinajstić information content (AvgIpc) is 3.09. The topological polar surface area (TPSA) is 42.4 Å². The van der Waals surface area contributed by atoms with Crippen molar-refractivity contribution in [2.24, 2.45) is 5.92 Å². The van der Waals surface area contributed by atoms with Crippen LogP contribution in [0.25, 0.3) is 10.2 Å². The van der Waals surface area contributed by atoms with Gasteiger partial charge in [-0.2, -0.15) is 0 Å². The smallest absolute Gasteiger partial charge is 0.274 e. The first kappa shape index (κ1) is 16.1. The van der Waals surface area contributed by atoms with Gasteiger partial charge in [-0.15, -0.1) is 0 Å². The number of nitrogens with zero attached hydrogens (tertiary/aromatic N) is 2. The molecule has 2 aromatic carbocycles. The first-order valence-electron chi connectivity index (χ1n) is 8.61. The Balaban J connectivity index is 1.42. The number of thiazole rings is 1. The molecule has 0 amide bonds. The Kier molecular flexibility index (Phi) is 4.65. The van der Waals surface area contributed by atoms with Crippen LogP contribution in [-0.2, 0) is 0 Å². The lowest BCUT2D eigenvalue weighted by molar-refractivity contribution is 0.112. The third kappa shape index (κ3) is 3.51. The monoisotopic (exact) mass is 352 g/mol. The van der Waals surface area contributed by atoms with E-state index in [0.29, 0.717) is 12.5 Å². The maximum absolute atomic E-state index is 11.3. The summed E-state index contributed by atoms with van der Waals surface area (Å²) >= 11 is 1.60. The highest BCUT2D eigenvalue weighted by Crippen LogP contribution is 2.29. The van der Waals surface area contributed by atoms with Crippen molar-refractivity contribution in [1.29, 1.82) is 0 Å². The van der Waals surface area contributed by atoms with Crippen molar-refractivity contribution in [3.63, 3.8) is 0 Å². The van der Waals surface area contributed by atoms with Gasteiger partial charge >= 0.3 is 0 Å². The first-order valence-corrected chi connectivity index (χ1v) is 9.42. The van der Waals surface area contributed by atoms with Crippen LogP contribution in [0.1, 0.15) is 23.2 Å². The number of carbonyl (C=O) groups is 1. The molecule has 1 aliphatic rings. The minimum atomic E-state index is 0.445. The maximum atomic E-state index is 11.3. The number of piperidine rings is 1. The number of hydrogen-bond acceptors (Lipinski definition) is 5. The van der Waals surface area contributed by atoms with E-state index in [0.717, 1.165) is 58.9 Å². The Morgan fingerprint density at radius 3 is 2.92 bits per heavy atom. The zero-order valence-electron chi connectivity index (χ0n) is 13.9. The van der Waals surface area contributed by atoms with Crippen LogP contribution >= 0.6 is 11.3 Å². The van der Waals surface area contributed by atoms with Crippen molar-refractivity contribution in [1.82, 2.24) is 4.98 Å². The number of benzene rings is 2. The number of rotatable bonds is 5. The van der Waals surface area contributed by atoms with Crippen molar-refractivity contribution < 1.29 is 9.53 Å². The number of anilines is 1. The third-order valence-corrected chi connectivity index (χ3v) is 5.59. The van der Waals surface area contributed by atoms with Crippen molar-refractivity contribution in [3.05, 3.63) is 54.1 Å². The van der Waals surface area contributed by atoms with Gasteiger partial charge in [-0.05, 0) is 37.1 Å². The fourth-order valence-electron chi connectivity index (χ4n) is 3.40. The standard InChI is InChI=1S/C20H20N2O2S/c23-13-16-7-1-3-9-18(16)22-11-5-6-15(12-22)14-24-20-21-17-8-2-4-10-19(17)25-20/h1-4,7-10,13,15H,5-6,11-12,14H2. The molecule has 1 aromatic heterocycles. The molecule has 1 aliphatic heterocycles. The normalized spacial score (nSPS) is 17.6. The van der Waals surface area contributed by atoms with E-state index in [4.69, 9.17) is 4.74 Å². The van der Waals surface area contributed by atoms with Gasteiger partial charge < -0.3 is 9.64 Å². The van der Waals surface area contributed by atoms with E-state index in [9.17, 15) is 4.79 Å². The Labute approximate surface area is 151 Å². The Morgan fingerprint density at radius 1 is 1.20 bits per heavy atom. The molecule has 25 heavy (non-hydrogen) atoms. The number of fused-ring (bicyclic) bond motifs is 1. The highest BCUT2D eigenvalue weighted by Gasteiger charge is 2.22. The summed E-state index contributed by atoms with van der Waals surface area (Å²) in [5.74, 6) is 0.445. The Morgan fingerprint density at radius 2 is 2.04 bits per heavy atom. The van der Waals surface area contributed by atoms with E-state index >= 15 is 0 Å². The van der Waals surface area contributed by atoms with Gasteiger partial charge in [0.2, 0.25) is 0 Å². The summed E-state index contributed by atoms with van der Waals surface area (Å²) in [6.07, 6.45) is 3.20. The van der Waals surface area contributed by atoms with Gasteiger partial charge in [-0.25, -0.2) is 4.98 Å². The van der Waals surface area contributed by atoms with Gasteiger partial charge in [0.25, 0.3) is 5.19 Å². The molecule has 128 valence electrons. The van der Waals surface area contributed by atoms with E-state index in [-0.39, 0.29) is 0 Å². The van der Waals surface area contributed by atoms with Crippen LogP contribution in [0.15, 0.2) is 48.5 Å². The molecule has 2 heterocycles. The van der Waals surface area contributed by atoms with Crippen LogP contribution in [0.3, 0.4) is 0 Å². The van der Waals surface area contributed by atoms with Crippen molar-refractivity contribution in [2.75, 3.05) is 24.6 Å². The summed E-state index contributed by atoms with van der Waals surface area (Å²) < 4.78 is 7.14. The molecule has 1 atom stereocenters. The van der Waals surface area contributed by atoms with E-state index in [1.54, 1.807) is 11.3 Å². The van der Waals surface area contributed by atoms with Crippen molar-refractivity contribution in [3.8, 4) is 5.19 Å². The zero-order chi connectivity index (χ0) is 17.1. The lowest BCUT2D eigenvalue weighted by Gasteiger charge is -2.34. The number of aldehydes is 1. The molecule has 4 rings (SSSR count). The molecule has 1 saturated heterocycles. The van der Waals surface area contributed by atoms with E-state index < -0.39 is 0 Å². The first-order chi connectivity index (χ1) is 12.3. The van der Waals surface area contributed by atoms with Crippen LogP contribution in [0.5, 0.6) is 5.19 Å². The molecular weight excluding hydrogens is 332 g/mol. The molecule has 1 fully saturated rings. The second-order valence-electron chi connectivity index (χ2n) is 6.39. The quantitative estimate of drug-likeness (QED) is 0.638. The molecule has 0 spiro atoms. The predicted molar refractivity (Wildman–Crippen MR) is 102 cm³/mol. The van der Waals surface area contributed by atoms with Gasteiger partial charge in [0.15, 0.2) is 6.29 Å². The van der Waals surface area contributed by atoms with Crippen LogP contribution < -0.4 is 9.64 Å². The fraction of sp³-hybridized carbons (Fsp3) is 0.300. The molecule has 0 bridgehead atoms. The number of carbonyl (C=O) groups excluding carboxylic acids is 1. The minimum Gasteiger partial charge on any atom is -0.470 e. The minimum absolute atomic E-state index is 0.445. The number of hydrogen-bond donors (Lipinski definition) is 0. The van der Waals surface area contributed by atoms with Gasteiger partial charge in [-0.3, -0.25) is 4.79 Å². The molecule has 0 aliphatic carbocycles. The van der Waals surface area contributed by atoms with E-state index in [1.807, 2.05) is 42.5 Å². The maximum Gasteiger partial charge on any atom is 0.274 e. The molecule has 3 aromatic rings. The van der Waals surface area contributed by atoms with Crippen molar-refractivity contribution in [2.45, 2.75) is 12.8 Å². The van der Waals surface area contributed by atoms with Crippen LogP contribution in [0.4, 0.5) is 5.69 Å². The summed E-state index contributed by atoms with van der Waals surface area (Å²) in [7, 11) is 0. The third-order valence-electron chi connectivity index (χ3n) is 4.64. The van der Waals surface area contributed by atoms with Gasteiger partial charge in [0.1, 0.15) is 0 Å². The van der Waals surface area contributed by atoms with Crippen molar-refractivity contribution >= 4 is 33.5 Å². The second-order valence-corrected chi connectivity index (χ2v) is 7.38. The highest BCUT2D eigenvalue weighted by atomic mass is 32.1.